The number of pyridine rings is 1. The van der Waals surface area contributed by atoms with Crippen LogP contribution < -0.4 is 16.4 Å². The van der Waals surface area contributed by atoms with Crippen molar-refractivity contribution in [2.75, 3.05) is 19.7 Å². The van der Waals surface area contributed by atoms with Gasteiger partial charge in [0, 0.05) is 24.3 Å². The Balaban J connectivity index is 1.53. The highest BCUT2D eigenvalue weighted by Crippen LogP contribution is 2.27. The molecule has 1 aliphatic rings. The number of alkyl carbamates (subject to hydrolysis) is 1. The summed E-state index contributed by atoms with van der Waals surface area (Å²) in [5, 5.41) is 6.18. The fourth-order valence-electron chi connectivity index (χ4n) is 3.24. The fourth-order valence-corrected chi connectivity index (χ4v) is 3.24. The molecule has 1 aromatic carbocycles. The van der Waals surface area contributed by atoms with E-state index in [4.69, 9.17) is 10.5 Å². The third kappa shape index (κ3) is 5.52. The van der Waals surface area contributed by atoms with Crippen molar-refractivity contribution < 1.29 is 14.3 Å². The Hall–Kier alpha value is -2.93. The lowest BCUT2D eigenvalue weighted by Crippen LogP contribution is -2.38. The predicted molar refractivity (Wildman–Crippen MR) is 102 cm³/mol. The molecule has 0 radical (unpaired) electrons. The van der Waals surface area contributed by atoms with Gasteiger partial charge in [-0.1, -0.05) is 36.4 Å². The number of hydrogen-bond donors (Lipinski definition) is 3. The quantitative estimate of drug-likeness (QED) is 0.723. The highest BCUT2D eigenvalue weighted by molar-refractivity contribution is 5.78. The van der Waals surface area contributed by atoms with E-state index in [1.807, 2.05) is 24.4 Å². The predicted octanol–water partition coefficient (Wildman–Crippen LogP) is 2.00. The number of aromatic nitrogens is 1. The van der Waals surface area contributed by atoms with E-state index >= 15 is 0 Å². The number of ether oxygens (including phenoxy) is 1. The summed E-state index contributed by atoms with van der Waals surface area (Å²) in [6.45, 7) is 0.950. The van der Waals surface area contributed by atoms with Crippen molar-refractivity contribution in [3.63, 3.8) is 0 Å². The highest BCUT2D eigenvalue weighted by atomic mass is 16.6. The maximum absolute atomic E-state index is 11.5. The van der Waals surface area contributed by atoms with E-state index in [1.54, 1.807) is 0 Å². The van der Waals surface area contributed by atoms with Gasteiger partial charge in [-0.05, 0) is 36.9 Å². The molecule has 0 saturated carbocycles. The van der Waals surface area contributed by atoms with Crippen molar-refractivity contribution in [2.45, 2.75) is 18.9 Å². The van der Waals surface area contributed by atoms with Crippen molar-refractivity contribution in [3.05, 3.63) is 54.4 Å². The molecule has 4 N–H and O–H groups in total. The molecule has 7 nitrogen and oxygen atoms in total. The van der Waals surface area contributed by atoms with Crippen LogP contribution in [0.2, 0.25) is 0 Å². The highest BCUT2D eigenvalue weighted by Gasteiger charge is 2.24. The van der Waals surface area contributed by atoms with Gasteiger partial charge < -0.3 is 21.1 Å². The zero-order chi connectivity index (χ0) is 19.1. The number of nitrogens with one attached hydrogen (secondary N) is 2. The average Bonchev–Trinajstić information content (AvgIpc) is 2.72. The van der Waals surface area contributed by atoms with E-state index in [0.29, 0.717) is 12.5 Å². The lowest BCUT2D eigenvalue weighted by atomic mass is 9.90. The molecular formula is C20H24N4O3. The maximum atomic E-state index is 11.5. The minimum absolute atomic E-state index is 0.150. The SMILES string of the molecule is NC(=O)COC(=O)NCC1CCNC(c2ccc(-c3ccccc3)cn2)C1. The molecule has 1 aromatic heterocycles. The average molecular weight is 368 g/mol. The topological polar surface area (TPSA) is 106 Å². The molecule has 2 unspecified atom stereocenters. The molecule has 1 fully saturated rings. The molecule has 0 bridgehead atoms. The number of nitrogens with two attached hydrogens (primary N) is 1. The minimum atomic E-state index is -0.669. The molecule has 27 heavy (non-hydrogen) atoms. The number of carbonyl (C=O) groups excluding carboxylic acids is 2. The van der Waals surface area contributed by atoms with Crippen LogP contribution in [0.1, 0.15) is 24.6 Å². The first-order valence-corrected chi connectivity index (χ1v) is 9.05. The van der Waals surface area contributed by atoms with Gasteiger partial charge in [0.25, 0.3) is 5.91 Å². The second kappa shape index (κ2) is 9.14. The van der Waals surface area contributed by atoms with E-state index < -0.39 is 18.6 Å². The summed E-state index contributed by atoms with van der Waals surface area (Å²) >= 11 is 0. The van der Waals surface area contributed by atoms with Crippen molar-refractivity contribution in [1.82, 2.24) is 15.6 Å². The van der Waals surface area contributed by atoms with Gasteiger partial charge in [-0.15, -0.1) is 0 Å². The Labute approximate surface area is 158 Å². The van der Waals surface area contributed by atoms with E-state index in [1.165, 1.54) is 0 Å². The zero-order valence-corrected chi connectivity index (χ0v) is 15.1. The Morgan fingerprint density at radius 3 is 2.70 bits per heavy atom. The molecule has 3 rings (SSSR count). The molecule has 1 saturated heterocycles. The molecule has 2 amide bonds. The van der Waals surface area contributed by atoms with Gasteiger partial charge in [0.05, 0.1) is 5.69 Å². The van der Waals surface area contributed by atoms with Gasteiger partial charge >= 0.3 is 6.09 Å². The van der Waals surface area contributed by atoms with Crippen LogP contribution in [-0.2, 0) is 9.53 Å². The lowest BCUT2D eigenvalue weighted by molar-refractivity contribution is -0.120. The van der Waals surface area contributed by atoms with Crippen LogP contribution in [0, 0.1) is 5.92 Å². The summed E-state index contributed by atoms with van der Waals surface area (Å²) in [6, 6.07) is 14.4. The van der Waals surface area contributed by atoms with E-state index in [9.17, 15) is 9.59 Å². The summed E-state index contributed by atoms with van der Waals surface area (Å²) in [5.74, 6) is -0.356. The third-order valence-electron chi connectivity index (χ3n) is 4.64. The molecule has 2 heterocycles. The summed E-state index contributed by atoms with van der Waals surface area (Å²) in [5.41, 5.74) is 8.18. The normalized spacial score (nSPS) is 19.3. The summed E-state index contributed by atoms with van der Waals surface area (Å²) < 4.78 is 4.71. The number of amides is 2. The number of piperidine rings is 1. The van der Waals surface area contributed by atoms with Crippen molar-refractivity contribution in [3.8, 4) is 11.1 Å². The summed E-state index contributed by atoms with van der Waals surface area (Å²) in [4.78, 5) is 26.8. The Kier molecular flexibility index (Phi) is 6.38. The largest absolute Gasteiger partial charge is 0.439 e. The Morgan fingerprint density at radius 2 is 2.00 bits per heavy atom. The first-order chi connectivity index (χ1) is 13.1. The molecule has 0 aliphatic carbocycles. The van der Waals surface area contributed by atoms with Crippen LogP contribution >= 0.6 is 0 Å². The maximum Gasteiger partial charge on any atom is 0.407 e. The van der Waals surface area contributed by atoms with Crippen LogP contribution in [0.15, 0.2) is 48.7 Å². The molecule has 7 heteroatoms. The van der Waals surface area contributed by atoms with Gasteiger partial charge in [0.2, 0.25) is 0 Å². The van der Waals surface area contributed by atoms with Crippen LogP contribution in [0.5, 0.6) is 0 Å². The Bertz CT molecular complexity index is 765. The number of rotatable bonds is 6. The van der Waals surface area contributed by atoms with E-state index in [-0.39, 0.29) is 6.04 Å². The third-order valence-corrected chi connectivity index (χ3v) is 4.64. The molecule has 1 aliphatic heterocycles. The molecule has 0 spiro atoms. The molecular weight excluding hydrogens is 344 g/mol. The molecule has 2 atom stereocenters. The van der Waals surface area contributed by atoms with Gasteiger partial charge in [-0.3, -0.25) is 9.78 Å². The smallest absolute Gasteiger partial charge is 0.407 e. The number of nitrogens with zero attached hydrogens (tertiary/aromatic N) is 1. The monoisotopic (exact) mass is 368 g/mol. The van der Waals surface area contributed by atoms with E-state index in [0.717, 1.165) is 36.2 Å². The minimum Gasteiger partial charge on any atom is -0.439 e. The molecule has 2 aromatic rings. The number of carbonyl (C=O) groups is 2. The van der Waals surface area contributed by atoms with Gasteiger partial charge in [-0.2, -0.15) is 0 Å². The standard InChI is InChI=1S/C20H24N4O3/c21-19(25)13-27-20(26)24-11-14-8-9-22-18(10-14)17-7-6-16(12-23-17)15-4-2-1-3-5-15/h1-7,12,14,18,22H,8-11,13H2,(H2,21,25)(H,24,26). The first kappa shape index (κ1) is 18.8. The van der Waals surface area contributed by atoms with E-state index in [2.05, 4.69) is 39.9 Å². The number of hydrogen-bond acceptors (Lipinski definition) is 5. The Morgan fingerprint density at radius 1 is 1.19 bits per heavy atom. The van der Waals surface area contributed by atoms with Crippen molar-refractivity contribution in [1.29, 1.82) is 0 Å². The van der Waals surface area contributed by atoms with Gasteiger partial charge in [0.15, 0.2) is 6.61 Å². The van der Waals surface area contributed by atoms with Crippen LogP contribution in [0.25, 0.3) is 11.1 Å². The van der Waals surface area contributed by atoms with Gasteiger partial charge in [0.1, 0.15) is 0 Å². The summed E-state index contributed by atoms with van der Waals surface area (Å²) in [6.07, 6.45) is 3.10. The zero-order valence-electron chi connectivity index (χ0n) is 15.1. The first-order valence-electron chi connectivity index (χ1n) is 9.05. The second-order valence-electron chi connectivity index (χ2n) is 6.66. The van der Waals surface area contributed by atoms with Gasteiger partial charge in [-0.25, -0.2) is 4.79 Å². The van der Waals surface area contributed by atoms with Crippen molar-refractivity contribution >= 4 is 12.0 Å². The number of primary amides is 1. The fraction of sp³-hybridized carbons (Fsp3) is 0.350. The van der Waals surface area contributed by atoms with Crippen LogP contribution in [0.4, 0.5) is 4.79 Å². The number of benzene rings is 1. The molecule has 142 valence electrons. The van der Waals surface area contributed by atoms with Crippen LogP contribution in [-0.4, -0.2) is 36.7 Å². The summed E-state index contributed by atoms with van der Waals surface area (Å²) in [7, 11) is 0. The lowest BCUT2D eigenvalue weighted by Gasteiger charge is -2.30. The van der Waals surface area contributed by atoms with Crippen LogP contribution in [0.3, 0.4) is 0 Å². The second-order valence-corrected chi connectivity index (χ2v) is 6.66. The van der Waals surface area contributed by atoms with Crippen molar-refractivity contribution in [2.24, 2.45) is 11.7 Å².